The van der Waals surface area contributed by atoms with Crippen LogP contribution >= 0.6 is 0 Å². The average molecular weight is 418 g/mol. The van der Waals surface area contributed by atoms with E-state index in [4.69, 9.17) is 4.74 Å². The van der Waals surface area contributed by atoms with E-state index in [9.17, 15) is 9.59 Å². The summed E-state index contributed by atoms with van der Waals surface area (Å²) in [4.78, 5) is 34.7. The largest absolute Gasteiger partial charge is 0.454 e. The minimum Gasteiger partial charge on any atom is -0.454 e. The molecule has 0 saturated heterocycles. The summed E-state index contributed by atoms with van der Waals surface area (Å²) in [7, 11) is 0. The molecular weight excluding hydrogens is 400 g/mol. The van der Waals surface area contributed by atoms with Crippen LogP contribution in [0.5, 0.6) is 0 Å². The Morgan fingerprint density at radius 3 is 2.41 bits per heavy atom. The molecule has 2 aromatic heterocycles. The van der Waals surface area contributed by atoms with Gasteiger partial charge in [0, 0.05) is 28.9 Å². The molecule has 0 N–H and O–H groups in total. The van der Waals surface area contributed by atoms with Crippen molar-refractivity contribution in [3.8, 4) is 11.3 Å². The molecule has 0 bridgehead atoms. The van der Waals surface area contributed by atoms with Crippen molar-refractivity contribution in [2.24, 2.45) is 0 Å². The summed E-state index contributed by atoms with van der Waals surface area (Å²) in [5, 5.41) is 2.47. The lowest BCUT2D eigenvalue weighted by atomic mass is 10.0. The SMILES string of the molecule is O=C(COC(=O)c1cc(-c2cccnc2)nc2ccccc12)c1cccc2ccccc12. The number of aromatic nitrogens is 2. The number of Topliss-reactive ketones (excluding diaryl/α,β-unsaturated/α-hetero) is 1. The van der Waals surface area contributed by atoms with Gasteiger partial charge in [0.05, 0.1) is 16.8 Å². The third-order valence-corrected chi connectivity index (χ3v) is 5.32. The number of rotatable bonds is 5. The first-order valence-electron chi connectivity index (χ1n) is 10.2. The Labute approximate surface area is 184 Å². The quantitative estimate of drug-likeness (QED) is 0.279. The van der Waals surface area contributed by atoms with E-state index in [2.05, 4.69) is 9.97 Å². The van der Waals surface area contributed by atoms with Crippen LogP contribution in [0.25, 0.3) is 32.9 Å². The molecule has 5 nitrogen and oxygen atoms in total. The molecule has 0 aliphatic heterocycles. The number of ether oxygens (including phenoxy) is 1. The maximum absolute atomic E-state index is 13.0. The molecule has 5 aromatic rings. The van der Waals surface area contributed by atoms with E-state index in [0.29, 0.717) is 27.7 Å². The van der Waals surface area contributed by atoms with Gasteiger partial charge in [-0.3, -0.25) is 9.78 Å². The average Bonchev–Trinajstić information content (AvgIpc) is 2.86. The predicted octanol–water partition coefficient (Wildman–Crippen LogP) is 5.49. The van der Waals surface area contributed by atoms with E-state index in [1.54, 1.807) is 24.5 Å². The first kappa shape index (κ1) is 19.6. The number of benzene rings is 3. The van der Waals surface area contributed by atoms with Crippen molar-refractivity contribution in [3.05, 3.63) is 108 Å². The van der Waals surface area contributed by atoms with Gasteiger partial charge in [0.1, 0.15) is 0 Å². The van der Waals surface area contributed by atoms with E-state index in [1.165, 1.54) is 0 Å². The number of para-hydroxylation sites is 1. The lowest BCUT2D eigenvalue weighted by Gasteiger charge is -2.10. The number of hydrogen-bond acceptors (Lipinski definition) is 5. The molecule has 0 saturated carbocycles. The Hall–Kier alpha value is -4.38. The second-order valence-electron chi connectivity index (χ2n) is 7.34. The van der Waals surface area contributed by atoms with Gasteiger partial charge in [-0.25, -0.2) is 9.78 Å². The summed E-state index contributed by atoms with van der Waals surface area (Å²) in [5.74, 6) is -0.816. The van der Waals surface area contributed by atoms with Gasteiger partial charge in [0.2, 0.25) is 5.78 Å². The molecule has 154 valence electrons. The fourth-order valence-corrected chi connectivity index (χ4v) is 3.76. The van der Waals surface area contributed by atoms with Crippen LogP contribution in [0, 0.1) is 0 Å². The van der Waals surface area contributed by atoms with Crippen molar-refractivity contribution in [1.82, 2.24) is 9.97 Å². The van der Waals surface area contributed by atoms with Crippen LogP contribution in [0.2, 0.25) is 0 Å². The van der Waals surface area contributed by atoms with E-state index >= 15 is 0 Å². The van der Waals surface area contributed by atoms with Crippen LogP contribution < -0.4 is 0 Å². The van der Waals surface area contributed by atoms with Crippen LogP contribution in [0.1, 0.15) is 20.7 Å². The van der Waals surface area contributed by atoms with Crippen molar-refractivity contribution in [2.45, 2.75) is 0 Å². The molecular formula is C27H18N2O3. The van der Waals surface area contributed by atoms with Crippen molar-refractivity contribution in [3.63, 3.8) is 0 Å². The summed E-state index contributed by atoms with van der Waals surface area (Å²) >= 11 is 0. The number of carbonyl (C=O) groups is 2. The molecule has 0 atom stereocenters. The molecule has 0 aliphatic carbocycles. The number of carbonyl (C=O) groups excluding carboxylic acids is 2. The van der Waals surface area contributed by atoms with Gasteiger partial charge in [-0.15, -0.1) is 0 Å². The fraction of sp³-hybridized carbons (Fsp3) is 0.0370. The van der Waals surface area contributed by atoms with Crippen LogP contribution in [0.15, 0.2) is 97.3 Å². The maximum atomic E-state index is 13.0. The summed E-state index contributed by atoms with van der Waals surface area (Å²) in [6, 6.07) is 25.9. The summed E-state index contributed by atoms with van der Waals surface area (Å²) < 4.78 is 5.46. The summed E-state index contributed by atoms with van der Waals surface area (Å²) in [5.41, 5.74) is 2.97. The summed E-state index contributed by atoms with van der Waals surface area (Å²) in [6.45, 7) is -0.342. The normalized spacial score (nSPS) is 10.9. The van der Waals surface area contributed by atoms with E-state index in [-0.39, 0.29) is 12.4 Å². The van der Waals surface area contributed by atoms with E-state index in [1.807, 2.05) is 72.8 Å². The Bertz CT molecular complexity index is 1460. The minimum atomic E-state index is -0.567. The number of esters is 1. The highest BCUT2D eigenvalue weighted by atomic mass is 16.5. The smallest absolute Gasteiger partial charge is 0.339 e. The van der Waals surface area contributed by atoms with Crippen LogP contribution in [0.4, 0.5) is 0 Å². The zero-order valence-corrected chi connectivity index (χ0v) is 17.1. The standard InChI is InChI=1S/C27H18N2O3/c30-26(22-12-5-8-18-7-1-2-10-20(18)22)17-32-27(31)23-15-25(19-9-6-14-28-16-19)29-24-13-4-3-11-21(23)24/h1-16H,17H2. The zero-order chi connectivity index (χ0) is 21.9. The van der Waals surface area contributed by atoms with Gasteiger partial charge in [-0.2, -0.15) is 0 Å². The van der Waals surface area contributed by atoms with Gasteiger partial charge >= 0.3 is 5.97 Å². The maximum Gasteiger partial charge on any atom is 0.339 e. The Morgan fingerprint density at radius 1 is 0.781 bits per heavy atom. The monoisotopic (exact) mass is 418 g/mol. The van der Waals surface area contributed by atoms with Gasteiger partial charge in [0.25, 0.3) is 0 Å². The first-order valence-corrected chi connectivity index (χ1v) is 10.2. The Balaban J connectivity index is 1.45. The molecule has 32 heavy (non-hydrogen) atoms. The topological polar surface area (TPSA) is 69.2 Å². The zero-order valence-electron chi connectivity index (χ0n) is 17.1. The molecule has 0 radical (unpaired) electrons. The van der Waals surface area contributed by atoms with E-state index in [0.717, 1.165) is 16.3 Å². The molecule has 0 amide bonds. The van der Waals surface area contributed by atoms with Gasteiger partial charge < -0.3 is 4.74 Å². The number of pyridine rings is 2. The lowest BCUT2D eigenvalue weighted by Crippen LogP contribution is -2.15. The number of ketones is 1. The molecule has 0 spiro atoms. The highest BCUT2D eigenvalue weighted by Gasteiger charge is 2.18. The van der Waals surface area contributed by atoms with Crippen LogP contribution in [-0.2, 0) is 4.74 Å². The Kier molecular flexibility index (Phi) is 5.14. The van der Waals surface area contributed by atoms with Crippen molar-refractivity contribution in [1.29, 1.82) is 0 Å². The van der Waals surface area contributed by atoms with E-state index < -0.39 is 5.97 Å². The fourth-order valence-electron chi connectivity index (χ4n) is 3.76. The molecule has 0 unspecified atom stereocenters. The van der Waals surface area contributed by atoms with Gasteiger partial charge in [-0.05, 0) is 35.0 Å². The number of nitrogens with zero attached hydrogens (tertiary/aromatic N) is 2. The van der Waals surface area contributed by atoms with Crippen LogP contribution in [0.3, 0.4) is 0 Å². The highest BCUT2D eigenvalue weighted by Crippen LogP contribution is 2.25. The molecule has 0 fully saturated rings. The number of hydrogen-bond donors (Lipinski definition) is 0. The lowest BCUT2D eigenvalue weighted by molar-refractivity contribution is 0.0477. The molecule has 5 heteroatoms. The molecule has 2 heterocycles. The predicted molar refractivity (Wildman–Crippen MR) is 124 cm³/mol. The second kappa shape index (κ2) is 8.40. The second-order valence-corrected chi connectivity index (χ2v) is 7.34. The van der Waals surface area contributed by atoms with Gasteiger partial charge in [-0.1, -0.05) is 60.7 Å². The third-order valence-electron chi connectivity index (χ3n) is 5.32. The van der Waals surface area contributed by atoms with Crippen molar-refractivity contribution in [2.75, 3.05) is 6.61 Å². The first-order chi connectivity index (χ1) is 15.7. The van der Waals surface area contributed by atoms with Crippen molar-refractivity contribution < 1.29 is 14.3 Å². The minimum absolute atomic E-state index is 0.249. The molecule has 5 rings (SSSR count). The Morgan fingerprint density at radius 2 is 1.56 bits per heavy atom. The highest BCUT2D eigenvalue weighted by molar-refractivity contribution is 6.10. The number of fused-ring (bicyclic) bond motifs is 2. The third kappa shape index (κ3) is 3.72. The van der Waals surface area contributed by atoms with Crippen LogP contribution in [-0.4, -0.2) is 28.3 Å². The van der Waals surface area contributed by atoms with Gasteiger partial charge in [0.15, 0.2) is 6.61 Å². The molecule has 0 aliphatic rings. The molecule has 3 aromatic carbocycles. The van der Waals surface area contributed by atoms with Crippen molar-refractivity contribution >= 4 is 33.4 Å². The summed E-state index contributed by atoms with van der Waals surface area (Å²) in [6.07, 6.45) is 3.37.